The van der Waals surface area contributed by atoms with Gasteiger partial charge in [0.15, 0.2) is 0 Å². The molecule has 17 heteroatoms. The fraction of sp³-hybridized carbons (Fsp3) is 0.214. The number of carbonyl (C=O) groups is 1. The number of benzene rings is 3. The molecule has 1 aliphatic carbocycles. The van der Waals surface area contributed by atoms with Crippen molar-refractivity contribution in [3.05, 3.63) is 97.6 Å². The minimum Gasteiger partial charge on any atom is -0.507 e. The van der Waals surface area contributed by atoms with Crippen molar-refractivity contribution in [2.75, 3.05) is 6.54 Å². The SMILES string of the molecule is N#Cc1c2n3c(n(CC(F)F)c-2cc(=NC(=O)c2cc(F)cc(C(F)(F)F)c2)/c1=C(/O)c1ccc(F)cc1Cl)=NCC(F)(F)C3. The first-order valence-electron chi connectivity index (χ1n) is 12.5. The fourth-order valence-electron chi connectivity index (χ4n) is 4.89. The number of hydrogen-bond donors (Lipinski definition) is 1. The molecule has 2 aromatic carbocycles. The van der Waals surface area contributed by atoms with Crippen LogP contribution < -0.4 is 16.2 Å². The van der Waals surface area contributed by atoms with Gasteiger partial charge in [-0.1, -0.05) is 11.6 Å². The highest BCUT2D eigenvalue weighted by molar-refractivity contribution is 6.32. The monoisotopic (exact) mass is 659 g/mol. The van der Waals surface area contributed by atoms with Crippen LogP contribution in [0.2, 0.25) is 5.02 Å². The number of fused-ring (bicyclic) bond motifs is 3. The summed E-state index contributed by atoms with van der Waals surface area (Å²) in [4.78, 5) is 20.5. The van der Waals surface area contributed by atoms with E-state index >= 15 is 0 Å². The van der Waals surface area contributed by atoms with Crippen LogP contribution in [0.5, 0.6) is 0 Å². The molecule has 1 amide bonds. The van der Waals surface area contributed by atoms with Gasteiger partial charge in [0.05, 0.1) is 51.2 Å². The van der Waals surface area contributed by atoms with Crippen molar-refractivity contribution in [3.63, 3.8) is 0 Å². The molecule has 3 aliphatic rings. The zero-order chi connectivity index (χ0) is 33.0. The topological polar surface area (TPSA) is 95.7 Å². The number of halogens is 10. The molecule has 0 fully saturated rings. The summed E-state index contributed by atoms with van der Waals surface area (Å²) in [5.41, 5.74) is -4.75. The molecule has 2 heterocycles. The highest BCUT2D eigenvalue weighted by atomic mass is 35.5. The fourth-order valence-corrected chi connectivity index (χ4v) is 5.14. The van der Waals surface area contributed by atoms with E-state index in [1.165, 1.54) is 0 Å². The van der Waals surface area contributed by atoms with Crippen LogP contribution in [0, 0.1) is 23.0 Å². The second-order valence-electron chi connectivity index (χ2n) is 9.80. The Labute approximate surface area is 250 Å². The lowest BCUT2D eigenvalue weighted by Gasteiger charge is -2.20. The summed E-state index contributed by atoms with van der Waals surface area (Å²) < 4.78 is 126. The van der Waals surface area contributed by atoms with Gasteiger partial charge in [-0.15, -0.1) is 0 Å². The second kappa shape index (κ2) is 11.3. The molecule has 0 saturated heterocycles. The molecule has 2 aliphatic heterocycles. The van der Waals surface area contributed by atoms with Gasteiger partial charge in [0.1, 0.15) is 30.0 Å². The molecule has 0 radical (unpaired) electrons. The van der Waals surface area contributed by atoms with Crippen LogP contribution >= 0.6 is 11.6 Å². The molecule has 0 aromatic heterocycles. The maximum Gasteiger partial charge on any atom is 0.416 e. The van der Waals surface area contributed by atoms with Gasteiger partial charge in [-0.2, -0.15) is 18.4 Å². The standard InChI is InChI=1S/C28H15ClF9N5O2/c29-18-6-14(30)1-2-16(18)24(44)22-17(8-39)23-20(42(9-21(32)33)26-40-10-27(34,35)11-43(23)26)7-19(22)41-25(45)12-3-13(28(36,37)38)5-15(31)4-12/h1-7,21,44H,9-11H2/b24-22+,41-19?. The second-order valence-corrected chi connectivity index (χ2v) is 10.2. The smallest absolute Gasteiger partial charge is 0.416 e. The lowest BCUT2D eigenvalue weighted by atomic mass is 10.0. The van der Waals surface area contributed by atoms with E-state index in [0.29, 0.717) is 6.07 Å². The summed E-state index contributed by atoms with van der Waals surface area (Å²) >= 11 is 6.08. The number of nitriles is 1. The van der Waals surface area contributed by atoms with Crippen LogP contribution in [0.25, 0.3) is 17.1 Å². The van der Waals surface area contributed by atoms with Crippen LogP contribution in [0.3, 0.4) is 0 Å². The minimum atomic E-state index is -5.07. The Morgan fingerprint density at radius 2 is 1.84 bits per heavy atom. The lowest BCUT2D eigenvalue weighted by Crippen LogP contribution is -2.41. The third kappa shape index (κ3) is 5.99. The van der Waals surface area contributed by atoms with Crippen molar-refractivity contribution in [2.45, 2.75) is 31.6 Å². The lowest BCUT2D eigenvalue weighted by molar-refractivity contribution is -0.137. The van der Waals surface area contributed by atoms with Gasteiger partial charge in [-0.3, -0.25) is 4.79 Å². The molecule has 234 valence electrons. The van der Waals surface area contributed by atoms with Crippen LogP contribution in [0.15, 0.2) is 52.4 Å². The van der Waals surface area contributed by atoms with Gasteiger partial charge in [0, 0.05) is 11.1 Å². The quantitative estimate of drug-likeness (QED) is 0.305. The van der Waals surface area contributed by atoms with Crippen molar-refractivity contribution in [3.8, 4) is 17.5 Å². The highest BCUT2D eigenvalue weighted by Crippen LogP contribution is 2.31. The highest BCUT2D eigenvalue weighted by Gasteiger charge is 2.38. The Morgan fingerprint density at radius 3 is 2.47 bits per heavy atom. The van der Waals surface area contributed by atoms with Gasteiger partial charge in [-0.05, 0) is 42.5 Å². The molecule has 0 unspecified atom stereocenters. The van der Waals surface area contributed by atoms with E-state index in [1.54, 1.807) is 6.07 Å². The molecule has 1 N–H and O–H groups in total. The predicted molar refractivity (Wildman–Crippen MR) is 138 cm³/mol. The number of imidazole rings is 1. The van der Waals surface area contributed by atoms with Crippen molar-refractivity contribution < 1.29 is 49.4 Å². The normalized spacial score (nSPS) is 15.6. The first kappa shape index (κ1) is 31.6. The van der Waals surface area contributed by atoms with E-state index < -0.39 is 105 Å². The maximum absolute atomic E-state index is 14.5. The van der Waals surface area contributed by atoms with Crippen LogP contribution in [-0.2, 0) is 19.3 Å². The van der Waals surface area contributed by atoms with E-state index in [0.717, 1.165) is 33.4 Å². The molecule has 0 spiro atoms. The molecule has 0 atom stereocenters. The average Bonchev–Trinajstić information content (AvgIpc) is 3.21. The molecule has 0 saturated carbocycles. The molecular formula is C28H15ClF9N5O2. The van der Waals surface area contributed by atoms with Crippen LogP contribution in [-0.4, -0.2) is 39.0 Å². The Kier molecular flexibility index (Phi) is 7.94. The predicted octanol–water partition coefficient (Wildman–Crippen LogP) is 5.21. The zero-order valence-electron chi connectivity index (χ0n) is 22.1. The minimum absolute atomic E-state index is 0.121. The van der Waals surface area contributed by atoms with Gasteiger partial charge >= 0.3 is 6.18 Å². The molecule has 0 bridgehead atoms. The largest absolute Gasteiger partial charge is 0.507 e. The number of aromatic nitrogens is 2. The molecular weight excluding hydrogens is 645 g/mol. The summed E-state index contributed by atoms with van der Waals surface area (Å²) in [7, 11) is 0. The maximum atomic E-state index is 14.5. The van der Waals surface area contributed by atoms with Crippen molar-refractivity contribution in [1.82, 2.24) is 9.13 Å². The Balaban J connectivity index is 1.96. The van der Waals surface area contributed by atoms with Crippen molar-refractivity contribution >= 4 is 23.3 Å². The van der Waals surface area contributed by atoms with Crippen molar-refractivity contribution in [2.24, 2.45) is 9.98 Å². The van der Waals surface area contributed by atoms with E-state index in [4.69, 9.17) is 11.6 Å². The van der Waals surface area contributed by atoms with E-state index in [9.17, 15) is 54.7 Å². The summed E-state index contributed by atoms with van der Waals surface area (Å²) in [6.07, 6.45) is -8.15. The van der Waals surface area contributed by atoms with Gasteiger partial charge < -0.3 is 14.2 Å². The van der Waals surface area contributed by atoms with Crippen molar-refractivity contribution in [1.29, 1.82) is 5.26 Å². The number of aliphatic hydroxyl groups excluding tert-OH is 1. The van der Waals surface area contributed by atoms with E-state index in [2.05, 4.69) is 9.98 Å². The van der Waals surface area contributed by atoms with Gasteiger partial charge in [-0.25, -0.2) is 36.3 Å². The Hall–Kier alpha value is -4.78. The summed E-state index contributed by atoms with van der Waals surface area (Å²) in [6, 6.07) is 5.93. The number of amides is 1. The number of rotatable bonds is 4. The van der Waals surface area contributed by atoms with Gasteiger partial charge in [0.2, 0.25) is 5.62 Å². The molecule has 2 aromatic rings. The summed E-state index contributed by atoms with van der Waals surface area (Å²) in [5.74, 6) is -8.29. The van der Waals surface area contributed by atoms with Crippen LogP contribution in [0.4, 0.5) is 39.5 Å². The first-order chi connectivity index (χ1) is 21.0. The summed E-state index contributed by atoms with van der Waals surface area (Å²) in [6.45, 7) is -3.37. The number of aliphatic hydroxyl groups is 1. The molecule has 45 heavy (non-hydrogen) atoms. The Morgan fingerprint density at radius 1 is 1.13 bits per heavy atom. The number of alkyl halides is 7. The number of nitrogens with zero attached hydrogens (tertiary/aromatic N) is 5. The molecule has 7 nitrogen and oxygen atoms in total. The average molecular weight is 660 g/mol. The number of hydrogen-bond acceptors (Lipinski definition) is 4. The summed E-state index contributed by atoms with van der Waals surface area (Å²) in [5, 5.41) is 19.7. The third-order valence-corrected chi connectivity index (χ3v) is 7.01. The zero-order valence-corrected chi connectivity index (χ0v) is 22.9. The first-order valence-corrected chi connectivity index (χ1v) is 12.9. The van der Waals surface area contributed by atoms with E-state index in [-0.39, 0.29) is 23.4 Å². The van der Waals surface area contributed by atoms with Gasteiger partial charge in [0.25, 0.3) is 18.3 Å². The number of carbonyl (C=O) groups excluding carboxylic acids is 1. The molecule has 5 rings (SSSR count). The van der Waals surface area contributed by atoms with E-state index in [1.807, 2.05) is 0 Å². The van der Waals surface area contributed by atoms with Crippen LogP contribution in [0.1, 0.15) is 27.0 Å². The Bertz CT molecular complexity index is 2080. The third-order valence-electron chi connectivity index (χ3n) is 6.69.